The Morgan fingerprint density at radius 1 is 1.47 bits per heavy atom. The molecule has 7 nitrogen and oxygen atoms in total. The van der Waals surface area contributed by atoms with Crippen LogP contribution in [0.4, 0.5) is 4.79 Å². The SMILES string of the molecule is CC(C)(C)N(CCC(=O)O)C(=O)NCc1cn[nH]c1. The number of aromatic nitrogens is 2. The smallest absolute Gasteiger partial charge is 0.318 e. The van der Waals surface area contributed by atoms with Crippen LogP contribution >= 0.6 is 0 Å². The van der Waals surface area contributed by atoms with Gasteiger partial charge in [0.25, 0.3) is 0 Å². The third kappa shape index (κ3) is 4.99. The van der Waals surface area contributed by atoms with Gasteiger partial charge < -0.3 is 15.3 Å². The number of nitrogens with zero attached hydrogens (tertiary/aromatic N) is 2. The molecule has 0 aliphatic rings. The number of hydrogen-bond acceptors (Lipinski definition) is 3. The van der Waals surface area contributed by atoms with Gasteiger partial charge in [-0.2, -0.15) is 5.10 Å². The van der Waals surface area contributed by atoms with Gasteiger partial charge in [-0.1, -0.05) is 0 Å². The summed E-state index contributed by atoms with van der Waals surface area (Å²) in [6, 6.07) is -0.282. The lowest BCUT2D eigenvalue weighted by Crippen LogP contribution is -2.50. The van der Waals surface area contributed by atoms with Gasteiger partial charge in [0.05, 0.1) is 12.6 Å². The molecule has 1 aromatic heterocycles. The number of rotatable bonds is 5. The lowest BCUT2D eigenvalue weighted by Gasteiger charge is -2.35. The molecule has 2 amide bonds. The standard InChI is InChI=1S/C12H20N4O3/c1-12(2,3)16(5-4-10(17)18)11(19)13-6-9-7-14-15-8-9/h7-8H,4-6H2,1-3H3,(H,13,19)(H,14,15)(H,17,18). The lowest BCUT2D eigenvalue weighted by atomic mass is 10.1. The van der Waals surface area contributed by atoms with Crippen LogP contribution < -0.4 is 5.32 Å². The molecule has 0 unspecified atom stereocenters. The van der Waals surface area contributed by atoms with Crippen molar-refractivity contribution in [2.45, 2.75) is 39.3 Å². The van der Waals surface area contributed by atoms with Crippen LogP contribution in [0.5, 0.6) is 0 Å². The maximum atomic E-state index is 12.1. The third-order valence-corrected chi connectivity index (χ3v) is 2.60. The van der Waals surface area contributed by atoms with Crippen LogP contribution in [0.15, 0.2) is 12.4 Å². The topological polar surface area (TPSA) is 98.3 Å². The Bertz CT molecular complexity index is 423. The molecule has 0 bridgehead atoms. The zero-order valence-electron chi connectivity index (χ0n) is 11.4. The van der Waals surface area contributed by atoms with E-state index in [1.54, 1.807) is 12.4 Å². The molecule has 0 spiro atoms. The van der Waals surface area contributed by atoms with Gasteiger partial charge >= 0.3 is 12.0 Å². The molecular formula is C12H20N4O3. The molecule has 106 valence electrons. The van der Waals surface area contributed by atoms with Crippen molar-refractivity contribution in [3.8, 4) is 0 Å². The van der Waals surface area contributed by atoms with E-state index in [1.807, 2.05) is 20.8 Å². The van der Waals surface area contributed by atoms with Crippen molar-refractivity contribution < 1.29 is 14.7 Å². The van der Waals surface area contributed by atoms with Crippen molar-refractivity contribution in [3.05, 3.63) is 18.0 Å². The largest absolute Gasteiger partial charge is 0.481 e. The molecular weight excluding hydrogens is 248 g/mol. The molecule has 0 saturated carbocycles. The monoisotopic (exact) mass is 268 g/mol. The van der Waals surface area contributed by atoms with Gasteiger partial charge in [0.2, 0.25) is 0 Å². The highest BCUT2D eigenvalue weighted by Crippen LogP contribution is 2.14. The van der Waals surface area contributed by atoms with E-state index in [9.17, 15) is 9.59 Å². The molecule has 7 heteroatoms. The van der Waals surface area contributed by atoms with Gasteiger partial charge in [-0.25, -0.2) is 4.79 Å². The van der Waals surface area contributed by atoms with Crippen molar-refractivity contribution in [2.75, 3.05) is 6.54 Å². The highest BCUT2D eigenvalue weighted by atomic mass is 16.4. The highest BCUT2D eigenvalue weighted by molar-refractivity contribution is 5.76. The van der Waals surface area contributed by atoms with Crippen LogP contribution in [0.25, 0.3) is 0 Å². The summed E-state index contributed by atoms with van der Waals surface area (Å²) in [7, 11) is 0. The van der Waals surface area contributed by atoms with Gasteiger partial charge in [0.15, 0.2) is 0 Å². The Balaban J connectivity index is 2.58. The minimum Gasteiger partial charge on any atom is -0.481 e. The fourth-order valence-electron chi connectivity index (χ4n) is 1.60. The minimum atomic E-state index is -0.920. The first-order valence-electron chi connectivity index (χ1n) is 6.05. The quantitative estimate of drug-likeness (QED) is 0.747. The normalized spacial score (nSPS) is 11.1. The average Bonchev–Trinajstić information content (AvgIpc) is 2.76. The van der Waals surface area contributed by atoms with Crippen molar-refractivity contribution in [3.63, 3.8) is 0 Å². The second-order valence-corrected chi connectivity index (χ2v) is 5.23. The van der Waals surface area contributed by atoms with Crippen LogP contribution in [0.2, 0.25) is 0 Å². The Hall–Kier alpha value is -2.05. The molecule has 0 saturated heterocycles. The van der Waals surface area contributed by atoms with E-state index >= 15 is 0 Å². The number of nitrogens with one attached hydrogen (secondary N) is 2. The van der Waals surface area contributed by atoms with Gasteiger partial charge in [-0.05, 0) is 20.8 Å². The second kappa shape index (κ2) is 6.21. The van der Waals surface area contributed by atoms with Crippen LogP contribution in [0.3, 0.4) is 0 Å². The van der Waals surface area contributed by atoms with Crippen LogP contribution in [0.1, 0.15) is 32.8 Å². The minimum absolute atomic E-state index is 0.0730. The molecule has 3 N–H and O–H groups in total. The molecule has 19 heavy (non-hydrogen) atoms. The van der Waals surface area contributed by atoms with Crippen LogP contribution in [-0.2, 0) is 11.3 Å². The number of urea groups is 1. The van der Waals surface area contributed by atoms with E-state index in [0.717, 1.165) is 5.56 Å². The zero-order chi connectivity index (χ0) is 14.5. The second-order valence-electron chi connectivity index (χ2n) is 5.23. The van der Waals surface area contributed by atoms with E-state index in [-0.39, 0.29) is 19.0 Å². The number of carboxylic acids is 1. The van der Waals surface area contributed by atoms with E-state index in [4.69, 9.17) is 5.11 Å². The van der Waals surface area contributed by atoms with Gasteiger partial charge in [0, 0.05) is 30.4 Å². The molecule has 1 rings (SSSR count). The summed E-state index contributed by atoms with van der Waals surface area (Å²) in [4.78, 5) is 24.2. The number of carbonyl (C=O) groups excluding carboxylic acids is 1. The maximum Gasteiger partial charge on any atom is 0.318 e. The number of H-pyrrole nitrogens is 1. The van der Waals surface area contributed by atoms with E-state index in [1.165, 1.54) is 4.90 Å². The van der Waals surface area contributed by atoms with Crippen molar-refractivity contribution in [1.82, 2.24) is 20.4 Å². The van der Waals surface area contributed by atoms with E-state index in [2.05, 4.69) is 15.5 Å². The molecule has 0 atom stereocenters. The molecule has 0 aliphatic carbocycles. The Labute approximate surface area is 112 Å². The summed E-state index contributed by atoms with van der Waals surface area (Å²) in [5.74, 6) is -0.920. The predicted octanol–water partition coefficient (Wildman–Crippen LogP) is 1.19. The predicted molar refractivity (Wildman–Crippen MR) is 69.5 cm³/mol. The fraction of sp³-hybridized carbons (Fsp3) is 0.583. The molecule has 1 aromatic rings. The van der Waals surface area contributed by atoms with Gasteiger partial charge in [-0.3, -0.25) is 9.89 Å². The number of aromatic amines is 1. The zero-order valence-corrected chi connectivity index (χ0v) is 11.4. The van der Waals surface area contributed by atoms with Crippen LogP contribution in [-0.4, -0.2) is 44.3 Å². The Morgan fingerprint density at radius 2 is 2.16 bits per heavy atom. The molecule has 0 aromatic carbocycles. The number of hydrogen-bond donors (Lipinski definition) is 3. The maximum absolute atomic E-state index is 12.1. The van der Waals surface area contributed by atoms with E-state index in [0.29, 0.717) is 6.54 Å². The first-order chi connectivity index (χ1) is 8.80. The van der Waals surface area contributed by atoms with Crippen LogP contribution in [0, 0.1) is 0 Å². The summed E-state index contributed by atoms with van der Waals surface area (Å²) >= 11 is 0. The number of carboxylic acid groups (broad SMARTS) is 1. The molecule has 0 fully saturated rings. The lowest BCUT2D eigenvalue weighted by molar-refractivity contribution is -0.137. The number of aliphatic carboxylic acids is 1. The fourth-order valence-corrected chi connectivity index (χ4v) is 1.60. The molecule has 1 heterocycles. The summed E-state index contributed by atoms with van der Waals surface area (Å²) in [6.07, 6.45) is 3.24. The van der Waals surface area contributed by atoms with Gasteiger partial charge in [0.1, 0.15) is 0 Å². The van der Waals surface area contributed by atoms with E-state index < -0.39 is 11.5 Å². The summed E-state index contributed by atoms with van der Waals surface area (Å²) in [5, 5.41) is 17.9. The molecule has 0 radical (unpaired) electrons. The summed E-state index contributed by atoms with van der Waals surface area (Å²) in [6.45, 7) is 6.13. The average molecular weight is 268 g/mol. The molecule has 0 aliphatic heterocycles. The third-order valence-electron chi connectivity index (χ3n) is 2.60. The van der Waals surface area contributed by atoms with Gasteiger partial charge in [-0.15, -0.1) is 0 Å². The summed E-state index contributed by atoms with van der Waals surface area (Å²) < 4.78 is 0. The van der Waals surface area contributed by atoms with Crippen molar-refractivity contribution in [1.29, 1.82) is 0 Å². The first kappa shape index (κ1) is 15.0. The Kier molecular flexibility index (Phi) is 4.91. The highest BCUT2D eigenvalue weighted by Gasteiger charge is 2.26. The number of amides is 2. The Morgan fingerprint density at radius 3 is 2.63 bits per heavy atom. The summed E-state index contributed by atoms with van der Waals surface area (Å²) in [5.41, 5.74) is 0.427. The van der Waals surface area contributed by atoms with Crippen molar-refractivity contribution in [2.24, 2.45) is 0 Å². The first-order valence-corrected chi connectivity index (χ1v) is 6.05. The van der Waals surface area contributed by atoms with Crippen molar-refractivity contribution >= 4 is 12.0 Å². The number of carbonyl (C=O) groups is 2.